The first kappa shape index (κ1) is 13.6. The Morgan fingerprint density at radius 3 is 2.94 bits per heavy atom. The van der Waals surface area contributed by atoms with Crippen molar-refractivity contribution in [3.63, 3.8) is 0 Å². The third kappa shape index (κ3) is 3.37. The molecule has 0 aromatic heterocycles. The lowest BCUT2D eigenvalue weighted by Gasteiger charge is -2.26. The minimum Gasteiger partial charge on any atom is -0.459 e. The number of esters is 1. The molecule has 0 radical (unpaired) electrons. The van der Waals surface area contributed by atoms with Gasteiger partial charge in [0.05, 0.1) is 5.56 Å². The summed E-state index contributed by atoms with van der Waals surface area (Å²) < 4.78 is 6.55. The van der Waals surface area contributed by atoms with Crippen molar-refractivity contribution in [1.29, 1.82) is 0 Å². The quantitative estimate of drug-likeness (QED) is 0.499. The number of rotatable bonds is 2. The zero-order valence-corrected chi connectivity index (χ0v) is 12.6. The van der Waals surface area contributed by atoms with Gasteiger partial charge in [0.2, 0.25) is 0 Å². The summed E-state index contributed by atoms with van der Waals surface area (Å²) in [5.41, 5.74) is 6.79. The van der Waals surface area contributed by atoms with Gasteiger partial charge >= 0.3 is 5.97 Å². The van der Waals surface area contributed by atoms with E-state index in [1.54, 1.807) is 12.1 Å². The van der Waals surface area contributed by atoms with Gasteiger partial charge in [0.15, 0.2) is 0 Å². The molecule has 0 saturated heterocycles. The Labute approximate surface area is 121 Å². The SMILES string of the molecule is CC1CCCC(OC(=O)c2cc(I)ccc2N)C1. The van der Waals surface area contributed by atoms with Crippen molar-refractivity contribution in [2.75, 3.05) is 5.73 Å². The maximum Gasteiger partial charge on any atom is 0.340 e. The predicted octanol–water partition coefficient (Wildman–Crippen LogP) is 3.61. The highest BCUT2D eigenvalue weighted by Gasteiger charge is 2.23. The van der Waals surface area contributed by atoms with Crippen molar-refractivity contribution in [2.24, 2.45) is 5.92 Å². The number of hydrogen-bond donors (Lipinski definition) is 1. The van der Waals surface area contributed by atoms with Crippen LogP contribution in [0, 0.1) is 9.49 Å². The van der Waals surface area contributed by atoms with E-state index in [9.17, 15) is 4.79 Å². The minimum atomic E-state index is -0.287. The van der Waals surface area contributed by atoms with Gasteiger partial charge in [0.25, 0.3) is 0 Å². The maximum atomic E-state index is 12.1. The Bertz CT molecular complexity index is 447. The first-order valence-electron chi connectivity index (χ1n) is 6.32. The molecule has 0 spiro atoms. The molecule has 98 valence electrons. The molecular weight excluding hydrogens is 341 g/mol. The summed E-state index contributed by atoms with van der Waals surface area (Å²) >= 11 is 2.17. The smallest absolute Gasteiger partial charge is 0.340 e. The van der Waals surface area contributed by atoms with Crippen LogP contribution in [-0.4, -0.2) is 12.1 Å². The van der Waals surface area contributed by atoms with E-state index in [1.165, 1.54) is 6.42 Å². The van der Waals surface area contributed by atoms with Gasteiger partial charge in [-0.2, -0.15) is 0 Å². The lowest BCUT2D eigenvalue weighted by Crippen LogP contribution is -2.25. The summed E-state index contributed by atoms with van der Waals surface area (Å²) in [5.74, 6) is 0.356. The van der Waals surface area contributed by atoms with E-state index in [-0.39, 0.29) is 12.1 Å². The molecular formula is C14H18INO2. The second-order valence-corrected chi connectivity index (χ2v) is 6.28. The molecule has 2 atom stereocenters. The molecule has 4 heteroatoms. The molecule has 0 aliphatic heterocycles. The lowest BCUT2D eigenvalue weighted by molar-refractivity contribution is 0.0156. The third-order valence-electron chi connectivity index (χ3n) is 3.40. The van der Waals surface area contributed by atoms with Gasteiger partial charge in [-0.3, -0.25) is 0 Å². The van der Waals surface area contributed by atoms with Crippen molar-refractivity contribution in [3.05, 3.63) is 27.3 Å². The number of hydrogen-bond acceptors (Lipinski definition) is 3. The fourth-order valence-corrected chi connectivity index (χ4v) is 2.90. The Hall–Kier alpha value is -0.780. The molecule has 1 aliphatic rings. The van der Waals surface area contributed by atoms with E-state index in [4.69, 9.17) is 10.5 Å². The minimum absolute atomic E-state index is 0.0542. The number of nitrogen functional groups attached to an aromatic ring is 1. The molecule has 2 N–H and O–H groups in total. The van der Waals surface area contributed by atoms with Gasteiger partial charge in [0.1, 0.15) is 6.10 Å². The van der Waals surface area contributed by atoms with E-state index in [0.717, 1.165) is 22.8 Å². The molecule has 0 amide bonds. The number of carbonyl (C=O) groups is 1. The molecule has 1 saturated carbocycles. The Morgan fingerprint density at radius 2 is 2.22 bits per heavy atom. The van der Waals surface area contributed by atoms with Crippen molar-refractivity contribution in [3.8, 4) is 0 Å². The first-order chi connectivity index (χ1) is 8.56. The van der Waals surface area contributed by atoms with Crippen molar-refractivity contribution < 1.29 is 9.53 Å². The average Bonchev–Trinajstić information content (AvgIpc) is 2.32. The topological polar surface area (TPSA) is 52.3 Å². The fourth-order valence-electron chi connectivity index (χ4n) is 2.41. The predicted molar refractivity (Wildman–Crippen MR) is 80.4 cm³/mol. The highest BCUT2D eigenvalue weighted by atomic mass is 127. The second-order valence-electron chi connectivity index (χ2n) is 5.03. The van der Waals surface area contributed by atoms with Crippen molar-refractivity contribution in [1.82, 2.24) is 0 Å². The summed E-state index contributed by atoms with van der Waals surface area (Å²) in [4.78, 5) is 12.1. The van der Waals surface area contributed by atoms with Crippen LogP contribution in [0.15, 0.2) is 18.2 Å². The van der Waals surface area contributed by atoms with Crippen LogP contribution in [0.3, 0.4) is 0 Å². The zero-order valence-electron chi connectivity index (χ0n) is 10.5. The highest BCUT2D eigenvalue weighted by Crippen LogP contribution is 2.27. The van der Waals surface area contributed by atoms with Crippen LogP contribution in [-0.2, 0) is 4.74 Å². The van der Waals surface area contributed by atoms with Crippen LogP contribution >= 0.6 is 22.6 Å². The number of benzene rings is 1. The van der Waals surface area contributed by atoms with E-state index < -0.39 is 0 Å². The summed E-state index contributed by atoms with van der Waals surface area (Å²) in [6.07, 6.45) is 4.37. The molecule has 2 rings (SSSR count). The Kier molecular flexibility index (Phi) is 4.48. The van der Waals surface area contributed by atoms with Crippen molar-refractivity contribution >= 4 is 34.2 Å². The van der Waals surface area contributed by atoms with Gasteiger partial charge < -0.3 is 10.5 Å². The molecule has 0 bridgehead atoms. The van der Waals surface area contributed by atoms with Crippen LogP contribution in [0.25, 0.3) is 0 Å². The van der Waals surface area contributed by atoms with Gasteiger partial charge in [0, 0.05) is 9.26 Å². The van der Waals surface area contributed by atoms with E-state index in [2.05, 4.69) is 29.5 Å². The highest BCUT2D eigenvalue weighted by molar-refractivity contribution is 14.1. The largest absolute Gasteiger partial charge is 0.459 e. The first-order valence-corrected chi connectivity index (χ1v) is 7.40. The molecule has 0 heterocycles. The van der Waals surface area contributed by atoms with Crippen LogP contribution in [0.1, 0.15) is 43.0 Å². The maximum absolute atomic E-state index is 12.1. The Morgan fingerprint density at radius 1 is 1.44 bits per heavy atom. The number of carbonyl (C=O) groups excluding carboxylic acids is 1. The summed E-state index contributed by atoms with van der Waals surface area (Å²) in [6, 6.07) is 5.42. The summed E-state index contributed by atoms with van der Waals surface area (Å²) in [5, 5.41) is 0. The number of nitrogens with two attached hydrogens (primary N) is 1. The lowest BCUT2D eigenvalue weighted by atomic mass is 9.89. The molecule has 1 aliphatic carbocycles. The molecule has 3 nitrogen and oxygen atoms in total. The normalized spacial score (nSPS) is 23.7. The third-order valence-corrected chi connectivity index (χ3v) is 4.07. The van der Waals surface area contributed by atoms with Gasteiger partial charge in [-0.15, -0.1) is 0 Å². The van der Waals surface area contributed by atoms with Crippen LogP contribution < -0.4 is 5.73 Å². The molecule has 1 fully saturated rings. The molecule has 1 aromatic carbocycles. The van der Waals surface area contributed by atoms with E-state index in [0.29, 0.717) is 17.2 Å². The van der Waals surface area contributed by atoms with E-state index in [1.807, 2.05) is 6.07 Å². The van der Waals surface area contributed by atoms with E-state index >= 15 is 0 Å². The molecule has 1 aromatic rings. The van der Waals surface area contributed by atoms with Gasteiger partial charge in [-0.1, -0.05) is 13.3 Å². The second kappa shape index (κ2) is 5.91. The summed E-state index contributed by atoms with van der Waals surface area (Å²) in [7, 11) is 0. The zero-order chi connectivity index (χ0) is 13.1. The van der Waals surface area contributed by atoms with Gasteiger partial charge in [-0.05, 0) is 66.0 Å². The number of anilines is 1. The summed E-state index contributed by atoms with van der Waals surface area (Å²) in [6.45, 7) is 2.21. The van der Waals surface area contributed by atoms with Crippen LogP contribution in [0.4, 0.5) is 5.69 Å². The number of halogens is 1. The molecule has 18 heavy (non-hydrogen) atoms. The average molecular weight is 359 g/mol. The van der Waals surface area contributed by atoms with Crippen molar-refractivity contribution in [2.45, 2.75) is 38.7 Å². The Balaban J connectivity index is 2.05. The standard InChI is InChI=1S/C14H18INO2/c1-9-3-2-4-11(7-9)18-14(17)12-8-10(15)5-6-13(12)16/h5-6,8-9,11H,2-4,7,16H2,1H3. The number of ether oxygens (including phenoxy) is 1. The molecule has 2 unspecified atom stereocenters. The van der Waals surface area contributed by atoms with Crippen LogP contribution in [0.2, 0.25) is 0 Å². The fraction of sp³-hybridized carbons (Fsp3) is 0.500. The van der Waals surface area contributed by atoms with Gasteiger partial charge in [-0.25, -0.2) is 4.79 Å². The van der Waals surface area contributed by atoms with Crippen LogP contribution in [0.5, 0.6) is 0 Å². The monoisotopic (exact) mass is 359 g/mol.